The zero-order valence-corrected chi connectivity index (χ0v) is 11.8. The molecule has 0 aliphatic carbocycles. The van der Waals surface area contributed by atoms with Crippen LogP contribution in [0, 0.1) is 6.92 Å². The highest BCUT2D eigenvalue weighted by Gasteiger charge is 2.17. The number of rotatable bonds is 3. The van der Waals surface area contributed by atoms with Crippen LogP contribution < -0.4 is 5.32 Å². The van der Waals surface area contributed by atoms with Crippen LogP contribution in [0.5, 0.6) is 0 Å². The Labute approximate surface area is 109 Å². The number of piperazine rings is 1. The fourth-order valence-corrected chi connectivity index (χ4v) is 3.22. The Morgan fingerprint density at radius 3 is 2.56 bits per heavy atom. The standard InChI is InChI=1S/C13H20N2O2S/c1-11-3-4-13(18(2,16)17)12(9-11)10-15-7-5-14-6-8-15/h3-4,9,14H,5-8,10H2,1-2H3. The zero-order chi connectivity index (χ0) is 13.2. The first kappa shape index (κ1) is 13.5. The molecular weight excluding hydrogens is 248 g/mol. The lowest BCUT2D eigenvalue weighted by atomic mass is 10.1. The Morgan fingerprint density at radius 1 is 1.28 bits per heavy atom. The monoisotopic (exact) mass is 268 g/mol. The van der Waals surface area contributed by atoms with Gasteiger partial charge in [0.1, 0.15) is 0 Å². The fourth-order valence-electron chi connectivity index (χ4n) is 2.30. The van der Waals surface area contributed by atoms with E-state index in [0.29, 0.717) is 11.4 Å². The van der Waals surface area contributed by atoms with Gasteiger partial charge in [0.25, 0.3) is 0 Å². The van der Waals surface area contributed by atoms with Crippen LogP contribution in [0.15, 0.2) is 23.1 Å². The van der Waals surface area contributed by atoms with E-state index in [-0.39, 0.29) is 0 Å². The molecule has 1 aromatic carbocycles. The molecule has 1 aromatic rings. The molecule has 0 atom stereocenters. The molecule has 1 saturated heterocycles. The highest BCUT2D eigenvalue weighted by molar-refractivity contribution is 7.90. The number of benzene rings is 1. The molecule has 0 unspecified atom stereocenters. The number of aryl methyl sites for hydroxylation is 1. The molecule has 4 nitrogen and oxygen atoms in total. The van der Waals surface area contributed by atoms with E-state index in [1.165, 1.54) is 6.26 Å². The SMILES string of the molecule is Cc1ccc(S(C)(=O)=O)c(CN2CCNCC2)c1. The van der Waals surface area contributed by atoms with Crippen LogP contribution in [0.3, 0.4) is 0 Å². The van der Waals surface area contributed by atoms with Crippen molar-refractivity contribution in [3.8, 4) is 0 Å². The Morgan fingerprint density at radius 2 is 1.94 bits per heavy atom. The first-order valence-corrected chi connectivity index (χ1v) is 8.08. The van der Waals surface area contributed by atoms with Crippen LogP contribution in [0.2, 0.25) is 0 Å². The van der Waals surface area contributed by atoms with E-state index >= 15 is 0 Å². The molecule has 0 amide bonds. The van der Waals surface area contributed by atoms with E-state index in [4.69, 9.17) is 0 Å². The fraction of sp³-hybridized carbons (Fsp3) is 0.538. The summed E-state index contributed by atoms with van der Waals surface area (Å²) in [5.41, 5.74) is 2.02. The minimum atomic E-state index is -3.14. The zero-order valence-electron chi connectivity index (χ0n) is 10.9. The summed E-state index contributed by atoms with van der Waals surface area (Å²) in [5, 5.41) is 3.30. The molecule has 18 heavy (non-hydrogen) atoms. The molecule has 1 aliphatic heterocycles. The van der Waals surface area contributed by atoms with Gasteiger partial charge < -0.3 is 5.32 Å². The molecule has 0 saturated carbocycles. The van der Waals surface area contributed by atoms with Crippen LogP contribution in [-0.2, 0) is 16.4 Å². The second-order valence-corrected chi connectivity index (χ2v) is 6.89. The van der Waals surface area contributed by atoms with Crippen LogP contribution in [0.25, 0.3) is 0 Å². The van der Waals surface area contributed by atoms with Gasteiger partial charge in [0.15, 0.2) is 9.84 Å². The van der Waals surface area contributed by atoms with Crippen molar-refractivity contribution in [1.29, 1.82) is 0 Å². The van der Waals surface area contributed by atoms with Gasteiger partial charge in [-0.2, -0.15) is 0 Å². The summed E-state index contributed by atoms with van der Waals surface area (Å²) in [6, 6.07) is 5.57. The molecular formula is C13H20N2O2S. The number of hydrogen-bond acceptors (Lipinski definition) is 4. The number of nitrogens with one attached hydrogen (secondary N) is 1. The van der Waals surface area contributed by atoms with Crippen molar-refractivity contribution in [2.45, 2.75) is 18.4 Å². The average molecular weight is 268 g/mol. The smallest absolute Gasteiger partial charge is 0.175 e. The van der Waals surface area contributed by atoms with E-state index in [1.54, 1.807) is 6.07 Å². The third-order valence-corrected chi connectivity index (χ3v) is 4.42. The number of sulfone groups is 1. The third kappa shape index (κ3) is 3.31. The van der Waals surface area contributed by atoms with Crippen molar-refractivity contribution in [3.63, 3.8) is 0 Å². The quantitative estimate of drug-likeness (QED) is 0.881. The lowest BCUT2D eigenvalue weighted by molar-refractivity contribution is 0.231. The van der Waals surface area contributed by atoms with Crippen LogP contribution in [0.1, 0.15) is 11.1 Å². The van der Waals surface area contributed by atoms with E-state index < -0.39 is 9.84 Å². The molecule has 2 rings (SSSR count). The highest BCUT2D eigenvalue weighted by Crippen LogP contribution is 2.19. The van der Waals surface area contributed by atoms with E-state index in [9.17, 15) is 8.42 Å². The average Bonchev–Trinajstić information content (AvgIpc) is 2.28. The Kier molecular flexibility index (Phi) is 4.04. The second-order valence-electron chi connectivity index (χ2n) is 4.91. The van der Waals surface area contributed by atoms with E-state index in [1.807, 2.05) is 19.1 Å². The van der Waals surface area contributed by atoms with Crippen molar-refractivity contribution in [3.05, 3.63) is 29.3 Å². The van der Waals surface area contributed by atoms with E-state index in [0.717, 1.165) is 37.3 Å². The minimum Gasteiger partial charge on any atom is -0.314 e. The first-order chi connectivity index (χ1) is 8.47. The van der Waals surface area contributed by atoms with Crippen LogP contribution in [0.4, 0.5) is 0 Å². The van der Waals surface area contributed by atoms with Gasteiger partial charge in [-0.1, -0.05) is 17.7 Å². The summed E-state index contributed by atoms with van der Waals surface area (Å²) < 4.78 is 23.6. The summed E-state index contributed by atoms with van der Waals surface area (Å²) in [6.07, 6.45) is 1.28. The Balaban J connectivity index is 2.27. The van der Waals surface area contributed by atoms with Gasteiger partial charge in [0, 0.05) is 39.0 Å². The molecule has 0 aromatic heterocycles. The minimum absolute atomic E-state index is 0.464. The highest BCUT2D eigenvalue weighted by atomic mass is 32.2. The lowest BCUT2D eigenvalue weighted by Gasteiger charge is -2.27. The number of nitrogens with zero attached hydrogens (tertiary/aromatic N) is 1. The third-order valence-electron chi connectivity index (χ3n) is 3.22. The normalized spacial score (nSPS) is 17.9. The van der Waals surface area contributed by atoms with Gasteiger partial charge >= 0.3 is 0 Å². The largest absolute Gasteiger partial charge is 0.314 e. The summed E-state index contributed by atoms with van der Waals surface area (Å²) in [6.45, 7) is 6.59. The van der Waals surface area contributed by atoms with Gasteiger partial charge in [-0.3, -0.25) is 4.90 Å². The van der Waals surface area contributed by atoms with E-state index in [2.05, 4.69) is 10.2 Å². The molecule has 0 radical (unpaired) electrons. The van der Waals surface area contributed by atoms with Gasteiger partial charge in [-0.05, 0) is 18.6 Å². The maximum Gasteiger partial charge on any atom is 0.175 e. The van der Waals surface area contributed by atoms with Crippen LogP contribution >= 0.6 is 0 Å². The first-order valence-electron chi connectivity index (χ1n) is 6.19. The van der Waals surface area contributed by atoms with Gasteiger partial charge in [-0.25, -0.2) is 8.42 Å². The summed E-state index contributed by atoms with van der Waals surface area (Å²) in [7, 11) is -3.14. The molecule has 0 bridgehead atoms. The van der Waals surface area contributed by atoms with Crippen LogP contribution in [-0.4, -0.2) is 45.8 Å². The van der Waals surface area contributed by atoms with Crippen molar-refractivity contribution in [2.24, 2.45) is 0 Å². The summed E-state index contributed by atoms with van der Waals surface area (Å²) >= 11 is 0. The molecule has 1 heterocycles. The maximum atomic E-state index is 11.8. The van der Waals surface area contributed by atoms with Gasteiger partial charge in [-0.15, -0.1) is 0 Å². The Hall–Kier alpha value is -0.910. The molecule has 0 spiro atoms. The molecule has 5 heteroatoms. The molecule has 1 fully saturated rings. The number of hydrogen-bond donors (Lipinski definition) is 1. The van der Waals surface area contributed by atoms with Gasteiger partial charge in [0.2, 0.25) is 0 Å². The predicted octanol–water partition coefficient (Wildman–Crippen LogP) is 0.804. The topological polar surface area (TPSA) is 49.4 Å². The maximum absolute atomic E-state index is 11.8. The predicted molar refractivity (Wildman–Crippen MR) is 72.4 cm³/mol. The molecule has 1 aliphatic rings. The van der Waals surface area contributed by atoms with Gasteiger partial charge in [0.05, 0.1) is 4.90 Å². The second kappa shape index (κ2) is 5.38. The van der Waals surface area contributed by atoms with Crippen molar-refractivity contribution in [2.75, 3.05) is 32.4 Å². The summed E-state index contributed by atoms with van der Waals surface area (Å²) in [4.78, 5) is 2.76. The van der Waals surface area contributed by atoms with Crippen molar-refractivity contribution < 1.29 is 8.42 Å². The Bertz CT molecular complexity index is 520. The molecule has 1 N–H and O–H groups in total. The van der Waals surface area contributed by atoms with Crippen molar-refractivity contribution in [1.82, 2.24) is 10.2 Å². The van der Waals surface area contributed by atoms with Crippen molar-refractivity contribution >= 4 is 9.84 Å². The molecule has 100 valence electrons. The lowest BCUT2D eigenvalue weighted by Crippen LogP contribution is -2.43. The summed E-state index contributed by atoms with van der Waals surface area (Å²) in [5.74, 6) is 0.